The van der Waals surface area contributed by atoms with Gasteiger partial charge in [-0.25, -0.2) is 0 Å². The first kappa shape index (κ1) is 17.4. The number of halogens is 2. The maximum Gasteiger partial charge on any atom is 0.257 e. The number of nitrogens with one attached hydrogen (secondary N) is 1. The third-order valence-electron chi connectivity index (χ3n) is 4.06. The number of amides is 1. The molecule has 1 aliphatic heterocycles. The number of ether oxygens (including phenoxy) is 1. The molecule has 0 aliphatic carbocycles. The van der Waals surface area contributed by atoms with E-state index in [0.717, 1.165) is 39.0 Å². The second-order valence-corrected chi connectivity index (χ2v) is 6.32. The molecule has 1 heterocycles. The summed E-state index contributed by atoms with van der Waals surface area (Å²) in [5.74, 6) is 1.06. The normalized spacial score (nSPS) is 15.9. The highest BCUT2D eigenvalue weighted by Gasteiger charge is 2.26. The summed E-state index contributed by atoms with van der Waals surface area (Å²) in [5.41, 5.74) is 0.474. The predicted molar refractivity (Wildman–Crippen MR) is 90.2 cm³/mol. The van der Waals surface area contributed by atoms with Gasteiger partial charge in [-0.05, 0) is 37.9 Å². The molecule has 0 saturated carbocycles. The minimum atomic E-state index is -0.0442. The number of benzene rings is 1. The number of hydrogen-bond acceptors (Lipinski definition) is 3. The van der Waals surface area contributed by atoms with Gasteiger partial charge in [0.25, 0.3) is 5.91 Å². The summed E-state index contributed by atoms with van der Waals surface area (Å²) in [6.45, 7) is 5.64. The number of methoxy groups -OCH3 is 1. The molecule has 22 heavy (non-hydrogen) atoms. The van der Waals surface area contributed by atoms with E-state index in [9.17, 15) is 4.79 Å². The summed E-state index contributed by atoms with van der Waals surface area (Å²) in [7, 11) is 1.53. The van der Waals surface area contributed by atoms with Crippen molar-refractivity contribution in [3.8, 4) is 5.75 Å². The molecule has 0 aromatic heterocycles. The average molecular weight is 345 g/mol. The van der Waals surface area contributed by atoms with Crippen LogP contribution in [0.5, 0.6) is 5.75 Å². The Morgan fingerprint density at radius 3 is 2.55 bits per heavy atom. The van der Waals surface area contributed by atoms with Crippen LogP contribution in [0.4, 0.5) is 0 Å². The van der Waals surface area contributed by atoms with Crippen LogP contribution < -0.4 is 10.1 Å². The Kier molecular flexibility index (Phi) is 6.36. The third-order valence-corrected chi connectivity index (χ3v) is 4.78. The number of likely N-dealkylation sites (tertiary alicyclic amines) is 1. The molecule has 1 fully saturated rings. The van der Waals surface area contributed by atoms with E-state index in [1.807, 2.05) is 4.90 Å². The number of rotatable bonds is 5. The zero-order chi connectivity index (χ0) is 16.1. The van der Waals surface area contributed by atoms with Crippen molar-refractivity contribution in [3.63, 3.8) is 0 Å². The summed E-state index contributed by atoms with van der Waals surface area (Å²) in [5, 5.41) is 4.13. The lowest BCUT2D eigenvalue weighted by molar-refractivity contribution is 0.0687. The van der Waals surface area contributed by atoms with Crippen LogP contribution in [0.3, 0.4) is 0 Å². The van der Waals surface area contributed by atoms with E-state index in [1.165, 1.54) is 7.11 Å². The Balaban J connectivity index is 2.05. The molecule has 0 bridgehead atoms. The number of nitrogens with zero attached hydrogens (tertiary/aromatic N) is 1. The topological polar surface area (TPSA) is 41.6 Å². The van der Waals surface area contributed by atoms with Crippen LogP contribution in [0.1, 0.15) is 30.1 Å². The van der Waals surface area contributed by atoms with E-state index in [2.05, 4.69) is 12.2 Å². The van der Waals surface area contributed by atoms with Gasteiger partial charge in [0.2, 0.25) is 0 Å². The van der Waals surface area contributed by atoms with E-state index < -0.39 is 0 Å². The van der Waals surface area contributed by atoms with Gasteiger partial charge in [0, 0.05) is 19.2 Å². The summed E-state index contributed by atoms with van der Waals surface area (Å²) in [6, 6.07) is 3.19. The third kappa shape index (κ3) is 4.06. The van der Waals surface area contributed by atoms with Crippen LogP contribution in [0.25, 0.3) is 0 Å². The minimum absolute atomic E-state index is 0.0442. The van der Waals surface area contributed by atoms with Crippen molar-refractivity contribution < 1.29 is 9.53 Å². The largest absolute Gasteiger partial charge is 0.496 e. The van der Waals surface area contributed by atoms with Crippen LogP contribution in [0.2, 0.25) is 10.0 Å². The fourth-order valence-corrected chi connectivity index (χ4v) is 3.04. The summed E-state index contributed by atoms with van der Waals surface area (Å²) in [4.78, 5) is 14.6. The van der Waals surface area contributed by atoms with E-state index >= 15 is 0 Å². The number of carbonyl (C=O) groups is 1. The molecule has 0 spiro atoms. The van der Waals surface area contributed by atoms with Crippen molar-refractivity contribution in [1.82, 2.24) is 10.2 Å². The predicted octanol–water partition coefficient (Wildman–Crippen LogP) is 3.46. The van der Waals surface area contributed by atoms with Gasteiger partial charge in [0.05, 0.1) is 22.7 Å². The van der Waals surface area contributed by atoms with Gasteiger partial charge in [-0.15, -0.1) is 0 Å². The lowest BCUT2D eigenvalue weighted by atomic mass is 9.96. The van der Waals surface area contributed by atoms with Gasteiger partial charge in [-0.1, -0.05) is 30.1 Å². The molecule has 122 valence electrons. The summed E-state index contributed by atoms with van der Waals surface area (Å²) < 4.78 is 5.27. The highest BCUT2D eigenvalue weighted by molar-refractivity contribution is 6.42. The Bertz CT molecular complexity index is 529. The van der Waals surface area contributed by atoms with E-state index in [4.69, 9.17) is 27.9 Å². The van der Waals surface area contributed by atoms with E-state index in [0.29, 0.717) is 27.3 Å². The Labute approximate surface area is 141 Å². The lowest BCUT2D eigenvalue weighted by Crippen LogP contribution is -2.40. The highest BCUT2D eigenvalue weighted by atomic mass is 35.5. The molecule has 1 aromatic carbocycles. The fraction of sp³-hybridized carbons (Fsp3) is 0.562. The van der Waals surface area contributed by atoms with E-state index in [-0.39, 0.29) is 5.91 Å². The smallest absolute Gasteiger partial charge is 0.257 e. The number of carbonyl (C=O) groups excluding carboxylic acids is 1. The molecule has 1 saturated heterocycles. The van der Waals surface area contributed by atoms with Gasteiger partial charge >= 0.3 is 0 Å². The van der Waals surface area contributed by atoms with Crippen LogP contribution >= 0.6 is 23.2 Å². The molecular weight excluding hydrogens is 323 g/mol. The first-order chi connectivity index (χ1) is 10.6. The first-order valence-corrected chi connectivity index (χ1v) is 8.35. The second kappa shape index (κ2) is 8.04. The maximum absolute atomic E-state index is 12.7. The molecular formula is C16H22Cl2N2O2. The molecule has 1 N–H and O–H groups in total. The quantitative estimate of drug-likeness (QED) is 0.889. The van der Waals surface area contributed by atoms with Crippen LogP contribution in [0.15, 0.2) is 12.1 Å². The average Bonchev–Trinajstić information content (AvgIpc) is 2.54. The molecule has 4 nitrogen and oxygen atoms in total. The van der Waals surface area contributed by atoms with Crippen LogP contribution in [-0.2, 0) is 0 Å². The van der Waals surface area contributed by atoms with Crippen molar-refractivity contribution in [1.29, 1.82) is 0 Å². The van der Waals surface area contributed by atoms with Crippen LogP contribution in [-0.4, -0.2) is 44.1 Å². The molecule has 2 rings (SSSR count). The van der Waals surface area contributed by atoms with Gasteiger partial charge in [-0.2, -0.15) is 0 Å². The monoisotopic (exact) mass is 344 g/mol. The number of piperidine rings is 1. The zero-order valence-electron chi connectivity index (χ0n) is 13.0. The molecule has 0 radical (unpaired) electrons. The molecule has 1 aliphatic rings. The molecule has 1 amide bonds. The number of hydrogen-bond donors (Lipinski definition) is 1. The Morgan fingerprint density at radius 1 is 1.32 bits per heavy atom. The molecule has 6 heteroatoms. The Hall–Kier alpha value is -0.970. The van der Waals surface area contributed by atoms with Gasteiger partial charge in [0.1, 0.15) is 5.75 Å². The van der Waals surface area contributed by atoms with Crippen LogP contribution in [0, 0.1) is 5.92 Å². The molecule has 0 atom stereocenters. The Morgan fingerprint density at radius 2 is 1.95 bits per heavy atom. The lowest BCUT2D eigenvalue weighted by Gasteiger charge is -2.32. The summed E-state index contributed by atoms with van der Waals surface area (Å²) >= 11 is 12.0. The van der Waals surface area contributed by atoms with Crippen molar-refractivity contribution in [2.75, 3.05) is 33.3 Å². The zero-order valence-corrected chi connectivity index (χ0v) is 14.5. The van der Waals surface area contributed by atoms with Crippen molar-refractivity contribution in [2.24, 2.45) is 5.92 Å². The van der Waals surface area contributed by atoms with Crippen molar-refractivity contribution >= 4 is 29.1 Å². The standard InChI is InChI=1S/C16H22Cl2N2O2/c1-3-19-10-11-4-6-20(7-5-11)16(21)12-8-13(17)14(18)9-15(12)22-2/h8-9,11,19H,3-7,10H2,1-2H3. The molecule has 0 unspecified atom stereocenters. The maximum atomic E-state index is 12.7. The highest BCUT2D eigenvalue weighted by Crippen LogP contribution is 2.32. The van der Waals surface area contributed by atoms with E-state index in [1.54, 1.807) is 12.1 Å². The second-order valence-electron chi connectivity index (χ2n) is 5.51. The van der Waals surface area contributed by atoms with Crippen molar-refractivity contribution in [3.05, 3.63) is 27.7 Å². The SMILES string of the molecule is CCNCC1CCN(C(=O)c2cc(Cl)c(Cl)cc2OC)CC1. The van der Waals surface area contributed by atoms with Crippen molar-refractivity contribution in [2.45, 2.75) is 19.8 Å². The summed E-state index contributed by atoms with van der Waals surface area (Å²) in [6.07, 6.45) is 2.03. The van der Waals surface area contributed by atoms with Gasteiger partial charge < -0.3 is 15.0 Å². The fourth-order valence-electron chi connectivity index (χ4n) is 2.72. The van der Waals surface area contributed by atoms with Gasteiger partial charge in [0.15, 0.2) is 0 Å². The first-order valence-electron chi connectivity index (χ1n) is 7.59. The minimum Gasteiger partial charge on any atom is -0.496 e. The molecule has 1 aromatic rings. The van der Waals surface area contributed by atoms with Gasteiger partial charge in [-0.3, -0.25) is 4.79 Å².